The predicted molar refractivity (Wildman–Crippen MR) is 92.3 cm³/mol. The van der Waals surface area contributed by atoms with Crippen molar-refractivity contribution in [3.63, 3.8) is 0 Å². The molecule has 1 heterocycles. The molecule has 2 aromatic rings. The van der Waals surface area contributed by atoms with Gasteiger partial charge in [-0.05, 0) is 23.3 Å². The normalized spacial score (nSPS) is 23.2. The highest BCUT2D eigenvalue weighted by molar-refractivity contribution is 5.96. The number of hydrogen-bond acceptors (Lipinski definition) is 4. The van der Waals surface area contributed by atoms with E-state index in [9.17, 15) is 5.21 Å². The molecule has 0 bridgehead atoms. The Labute approximate surface area is 136 Å². The molecule has 118 valence electrons. The van der Waals surface area contributed by atoms with E-state index in [0.29, 0.717) is 0 Å². The van der Waals surface area contributed by atoms with Crippen molar-refractivity contribution in [1.29, 1.82) is 0 Å². The molecule has 0 spiro atoms. The molecular weight excluding hydrogens is 286 g/mol. The van der Waals surface area contributed by atoms with Gasteiger partial charge in [0.05, 0.1) is 11.8 Å². The molecule has 0 radical (unpaired) electrons. The summed E-state index contributed by atoms with van der Waals surface area (Å²) >= 11 is 0. The summed E-state index contributed by atoms with van der Waals surface area (Å²) in [5.41, 5.74) is 4.75. The lowest BCUT2D eigenvalue weighted by Gasteiger charge is -2.39. The minimum Gasteiger partial charge on any atom is -0.411 e. The molecule has 0 unspecified atom stereocenters. The van der Waals surface area contributed by atoms with Crippen LogP contribution < -0.4 is 4.90 Å². The van der Waals surface area contributed by atoms with E-state index in [1.165, 1.54) is 16.8 Å². The van der Waals surface area contributed by atoms with E-state index in [-0.39, 0.29) is 6.04 Å². The van der Waals surface area contributed by atoms with E-state index in [2.05, 4.69) is 69.6 Å². The Balaban J connectivity index is 1.52. The SMILES string of the molecule is O/N=C1/Cc2ccccc2[C@H]1N1CCN(c2ccccc2)CC1. The smallest absolute Gasteiger partial charge is 0.0831 e. The first-order valence-corrected chi connectivity index (χ1v) is 8.19. The maximum Gasteiger partial charge on any atom is 0.0831 e. The van der Waals surface area contributed by atoms with Gasteiger partial charge in [-0.25, -0.2) is 0 Å². The molecule has 1 aliphatic carbocycles. The van der Waals surface area contributed by atoms with E-state index < -0.39 is 0 Å². The van der Waals surface area contributed by atoms with Gasteiger partial charge in [0, 0.05) is 38.3 Å². The van der Waals surface area contributed by atoms with E-state index in [1.54, 1.807) is 0 Å². The summed E-state index contributed by atoms with van der Waals surface area (Å²) in [4.78, 5) is 4.87. The van der Waals surface area contributed by atoms with Crippen molar-refractivity contribution < 1.29 is 5.21 Å². The number of nitrogens with zero attached hydrogens (tertiary/aromatic N) is 3. The highest BCUT2D eigenvalue weighted by atomic mass is 16.4. The van der Waals surface area contributed by atoms with Crippen LogP contribution in [-0.4, -0.2) is 42.0 Å². The molecule has 0 aromatic heterocycles. The minimum absolute atomic E-state index is 0.133. The zero-order valence-corrected chi connectivity index (χ0v) is 13.1. The molecule has 2 aliphatic rings. The zero-order valence-electron chi connectivity index (χ0n) is 13.1. The van der Waals surface area contributed by atoms with Crippen LogP contribution in [0, 0.1) is 0 Å². The monoisotopic (exact) mass is 307 g/mol. The van der Waals surface area contributed by atoms with Crippen molar-refractivity contribution in [3.05, 3.63) is 65.7 Å². The van der Waals surface area contributed by atoms with Crippen molar-refractivity contribution in [2.75, 3.05) is 31.1 Å². The van der Waals surface area contributed by atoms with Crippen LogP contribution >= 0.6 is 0 Å². The Morgan fingerprint density at radius 3 is 2.30 bits per heavy atom. The number of rotatable bonds is 2. The highest BCUT2D eigenvalue weighted by Crippen LogP contribution is 2.34. The molecule has 4 nitrogen and oxygen atoms in total. The van der Waals surface area contributed by atoms with E-state index in [1.807, 2.05) is 0 Å². The van der Waals surface area contributed by atoms with Gasteiger partial charge in [-0.1, -0.05) is 47.6 Å². The highest BCUT2D eigenvalue weighted by Gasteiger charge is 2.35. The number of fused-ring (bicyclic) bond motifs is 1. The van der Waals surface area contributed by atoms with Gasteiger partial charge in [-0.15, -0.1) is 0 Å². The molecule has 1 N–H and O–H groups in total. The van der Waals surface area contributed by atoms with Crippen molar-refractivity contribution >= 4 is 11.4 Å². The van der Waals surface area contributed by atoms with Gasteiger partial charge in [0.1, 0.15) is 0 Å². The van der Waals surface area contributed by atoms with Gasteiger partial charge >= 0.3 is 0 Å². The first-order chi connectivity index (χ1) is 11.4. The minimum atomic E-state index is 0.133. The standard InChI is InChI=1S/C19H21N3O/c23-20-18-14-15-6-4-5-9-17(15)19(18)22-12-10-21(11-13-22)16-7-2-1-3-8-16/h1-9,19,23H,10-14H2/b20-18-/t19-/m1/s1. The summed E-state index contributed by atoms with van der Waals surface area (Å²) in [5, 5.41) is 13.0. The number of anilines is 1. The number of hydrogen-bond donors (Lipinski definition) is 1. The van der Waals surface area contributed by atoms with E-state index in [0.717, 1.165) is 38.3 Å². The summed E-state index contributed by atoms with van der Waals surface area (Å²) in [6, 6.07) is 19.1. The molecule has 1 atom stereocenters. The maximum atomic E-state index is 9.42. The fourth-order valence-corrected chi connectivity index (χ4v) is 3.81. The fourth-order valence-electron chi connectivity index (χ4n) is 3.81. The van der Waals surface area contributed by atoms with Gasteiger partial charge < -0.3 is 10.1 Å². The Morgan fingerprint density at radius 1 is 0.870 bits per heavy atom. The lowest BCUT2D eigenvalue weighted by Crippen LogP contribution is -2.48. The number of piperazine rings is 1. The van der Waals surface area contributed by atoms with Gasteiger partial charge in [0.15, 0.2) is 0 Å². The molecule has 1 aliphatic heterocycles. The van der Waals surface area contributed by atoms with E-state index in [4.69, 9.17) is 0 Å². The summed E-state index contributed by atoms with van der Waals surface area (Å²) in [6.45, 7) is 3.96. The van der Waals surface area contributed by atoms with Crippen LogP contribution in [0.25, 0.3) is 0 Å². The van der Waals surface area contributed by atoms with Gasteiger partial charge in [0.2, 0.25) is 0 Å². The quantitative estimate of drug-likeness (QED) is 0.685. The molecule has 2 aromatic carbocycles. The third-order valence-corrected chi connectivity index (χ3v) is 4.97. The van der Waals surface area contributed by atoms with Crippen LogP contribution in [0.15, 0.2) is 59.8 Å². The van der Waals surface area contributed by atoms with Crippen LogP contribution in [0.1, 0.15) is 17.2 Å². The van der Waals surface area contributed by atoms with E-state index >= 15 is 0 Å². The predicted octanol–water partition coefficient (Wildman–Crippen LogP) is 2.94. The van der Waals surface area contributed by atoms with Crippen molar-refractivity contribution in [2.24, 2.45) is 5.16 Å². The Bertz CT molecular complexity index is 706. The zero-order chi connectivity index (χ0) is 15.6. The Morgan fingerprint density at radius 2 is 1.57 bits per heavy atom. The van der Waals surface area contributed by atoms with Crippen LogP contribution in [0.3, 0.4) is 0 Å². The lowest BCUT2D eigenvalue weighted by atomic mass is 10.1. The molecular formula is C19H21N3O. The average molecular weight is 307 g/mol. The second kappa shape index (κ2) is 6.05. The van der Waals surface area contributed by atoms with Crippen molar-refractivity contribution in [1.82, 2.24) is 4.90 Å². The molecule has 4 heteroatoms. The molecule has 23 heavy (non-hydrogen) atoms. The molecule has 1 saturated heterocycles. The molecule has 0 saturated carbocycles. The largest absolute Gasteiger partial charge is 0.411 e. The third kappa shape index (κ3) is 2.59. The third-order valence-electron chi connectivity index (χ3n) is 4.97. The summed E-state index contributed by atoms with van der Waals surface area (Å²) < 4.78 is 0. The average Bonchev–Trinajstić information content (AvgIpc) is 3.01. The maximum absolute atomic E-state index is 9.42. The van der Waals surface area contributed by atoms with Gasteiger partial charge in [-0.2, -0.15) is 0 Å². The number of benzene rings is 2. The first-order valence-electron chi connectivity index (χ1n) is 8.19. The van der Waals surface area contributed by atoms with Crippen molar-refractivity contribution in [2.45, 2.75) is 12.5 Å². The Hall–Kier alpha value is -2.33. The van der Waals surface area contributed by atoms with Crippen molar-refractivity contribution in [3.8, 4) is 0 Å². The molecule has 4 rings (SSSR count). The summed E-state index contributed by atoms with van der Waals surface area (Å²) in [5.74, 6) is 0. The second-order valence-corrected chi connectivity index (χ2v) is 6.23. The fraction of sp³-hybridized carbons (Fsp3) is 0.316. The topological polar surface area (TPSA) is 39.1 Å². The Kier molecular flexibility index (Phi) is 3.75. The molecule has 1 fully saturated rings. The summed E-state index contributed by atoms with van der Waals surface area (Å²) in [7, 11) is 0. The number of oxime groups is 1. The van der Waals surface area contributed by atoms with Gasteiger partial charge in [-0.3, -0.25) is 4.90 Å². The summed E-state index contributed by atoms with van der Waals surface area (Å²) in [6.07, 6.45) is 0.760. The lowest BCUT2D eigenvalue weighted by molar-refractivity contribution is 0.224. The number of para-hydroxylation sites is 1. The first kappa shape index (κ1) is 14.3. The van der Waals surface area contributed by atoms with Gasteiger partial charge in [0.25, 0.3) is 0 Å². The van der Waals surface area contributed by atoms with Crippen LogP contribution in [0.2, 0.25) is 0 Å². The van der Waals surface area contributed by atoms with Crippen LogP contribution in [-0.2, 0) is 6.42 Å². The molecule has 0 amide bonds. The van der Waals surface area contributed by atoms with Crippen LogP contribution in [0.4, 0.5) is 5.69 Å². The van der Waals surface area contributed by atoms with Crippen LogP contribution in [0.5, 0.6) is 0 Å². The second-order valence-electron chi connectivity index (χ2n) is 6.23.